The zero-order valence-corrected chi connectivity index (χ0v) is 14.4. The fourth-order valence-electron chi connectivity index (χ4n) is 2.84. The van der Waals surface area contributed by atoms with Crippen molar-refractivity contribution in [2.75, 3.05) is 20.6 Å². The Balaban J connectivity index is 2.06. The van der Waals surface area contributed by atoms with Gasteiger partial charge in [0, 0.05) is 21.5 Å². The SMILES string of the molecule is CN(C)C1(CNC(=O)c2cc(S)ccc2Br)CCCC1. The van der Waals surface area contributed by atoms with Crippen molar-refractivity contribution in [1.29, 1.82) is 0 Å². The molecule has 0 unspecified atom stereocenters. The number of nitrogens with one attached hydrogen (secondary N) is 1. The average molecular weight is 357 g/mol. The molecule has 110 valence electrons. The molecule has 0 heterocycles. The van der Waals surface area contributed by atoms with Gasteiger partial charge in [0.25, 0.3) is 5.91 Å². The van der Waals surface area contributed by atoms with Crippen molar-refractivity contribution >= 4 is 34.5 Å². The van der Waals surface area contributed by atoms with Crippen LogP contribution in [0.15, 0.2) is 27.6 Å². The Hall–Kier alpha value is -0.520. The summed E-state index contributed by atoms with van der Waals surface area (Å²) in [6.07, 6.45) is 4.77. The number of carbonyl (C=O) groups is 1. The molecule has 1 saturated carbocycles. The maximum absolute atomic E-state index is 12.3. The lowest BCUT2D eigenvalue weighted by molar-refractivity contribution is 0.0899. The Morgan fingerprint density at radius 2 is 2.05 bits per heavy atom. The van der Waals surface area contributed by atoms with Gasteiger partial charge in [0.05, 0.1) is 5.56 Å². The Kier molecular flexibility index (Phi) is 5.15. The molecule has 0 bridgehead atoms. The zero-order valence-electron chi connectivity index (χ0n) is 11.9. The third-order valence-corrected chi connectivity index (χ3v) is 5.23. The standard InChI is InChI=1S/C15H21BrN2OS/c1-18(2)15(7-3-4-8-15)10-17-14(19)12-9-11(20)5-6-13(12)16/h5-6,9,20H,3-4,7-8,10H2,1-2H3,(H,17,19). The van der Waals surface area contributed by atoms with E-state index in [0.717, 1.165) is 22.2 Å². The van der Waals surface area contributed by atoms with E-state index in [4.69, 9.17) is 0 Å². The van der Waals surface area contributed by atoms with Crippen molar-refractivity contribution in [1.82, 2.24) is 10.2 Å². The molecular weight excluding hydrogens is 336 g/mol. The van der Waals surface area contributed by atoms with E-state index in [1.807, 2.05) is 12.1 Å². The molecule has 1 fully saturated rings. The molecule has 3 nitrogen and oxygen atoms in total. The summed E-state index contributed by atoms with van der Waals surface area (Å²) in [5.41, 5.74) is 0.755. The lowest BCUT2D eigenvalue weighted by Gasteiger charge is -2.36. The summed E-state index contributed by atoms with van der Waals surface area (Å²) in [5.74, 6) is -0.0408. The molecule has 1 aromatic rings. The van der Waals surface area contributed by atoms with E-state index in [0.29, 0.717) is 12.1 Å². The van der Waals surface area contributed by atoms with Crippen LogP contribution in [0.3, 0.4) is 0 Å². The van der Waals surface area contributed by atoms with Gasteiger partial charge in [0.1, 0.15) is 0 Å². The number of likely N-dealkylation sites (N-methyl/N-ethyl adjacent to an activating group) is 1. The second kappa shape index (κ2) is 6.50. The largest absolute Gasteiger partial charge is 0.350 e. The van der Waals surface area contributed by atoms with Crippen LogP contribution in [-0.2, 0) is 0 Å². The summed E-state index contributed by atoms with van der Waals surface area (Å²) >= 11 is 7.71. The van der Waals surface area contributed by atoms with E-state index in [9.17, 15) is 4.79 Å². The van der Waals surface area contributed by atoms with Crippen LogP contribution in [0.5, 0.6) is 0 Å². The number of amides is 1. The third kappa shape index (κ3) is 3.38. The zero-order chi connectivity index (χ0) is 14.8. The molecule has 0 aromatic heterocycles. The first kappa shape index (κ1) is 15.9. The van der Waals surface area contributed by atoms with Crippen LogP contribution in [0.1, 0.15) is 36.0 Å². The Bertz CT molecular complexity index is 499. The second-order valence-corrected chi connectivity index (χ2v) is 7.04. The first-order valence-electron chi connectivity index (χ1n) is 6.89. The van der Waals surface area contributed by atoms with Crippen LogP contribution in [0, 0.1) is 0 Å². The number of thiol groups is 1. The Morgan fingerprint density at radius 1 is 1.40 bits per heavy atom. The number of hydrogen-bond donors (Lipinski definition) is 2. The highest BCUT2D eigenvalue weighted by atomic mass is 79.9. The normalized spacial score (nSPS) is 17.4. The van der Waals surface area contributed by atoms with Gasteiger partial charge < -0.3 is 10.2 Å². The van der Waals surface area contributed by atoms with Crippen LogP contribution < -0.4 is 5.32 Å². The quantitative estimate of drug-likeness (QED) is 0.810. The molecule has 20 heavy (non-hydrogen) atoms. The minimum Gasteiger partial charge on any atom is -0.350 e. The van der Waals surface area contributed by atoms with E-state index in [2.05, 4.69) is 52.9 Å². The number of nitrogens with zero attached hydrogens (tertiary/aromatic N) is 1. The fourth-order valence-corrected chi connectivity index (χ4v) is 3.47. The summed E-state index contributed by atoms with van der Waals surface area (Å²) in [6.45, 7) is 0.697. The van der Waals surface area contributed by atoms with Crippen molar-refractivity contribution in [2.45, 2.75) is 36.1 Å². The maximum Gasteiger partial charge on any atom is 0.252 e. The number of halogens is 1. The van der Waals surface area contributed by atoms with Gasteiger partial charge in [0.15, 0.2) is 0 Å². The number of rotatable bonds is 4. The van der Waals surface area contributed by atoms with Gasteiger partial charge in [0.2, 0.25) is 0 Å². The smallest absolute Gasteiger partial charge is 0.252 e. The van der Waals surface area contributed by atoms with Crippen LogP contribution >= 0.6 is 28.6 Å². The number of benzene rings is 1. The molecule has 0 aliphatic heterocycles. The lowest BCUT2D eigenvalue weighted by atomic mass is 9.96. The van der Waals surface area contributed by atoms with Gasteiger partial charge in [-0.1, -0.05) is 12.8 Å². The molecule has 0 atom stereocenters. The van der Waals surface area contributed by atoms with Crippen LogP contribution in [-0.4, -0.2) is 37.0 Å². The Labute approximate surface area is 134 Å². The molecule has 1 aromatic carbocycles. The molecule has 1 N–H and O–H groups in total. The van der Waals surface area contributed by atoms with Crippen LogP contribution in [0.25, 0.3) is 0 Å². The monoisotopic (exact) mass is 356 g/mol. The third-order valence-electron chi connectivity index (χ3n) is 4.26. The summed E-state index contributed by atoms with van der Waals surface area (Å²) in [6, 6.07) is 5.51. The number of hydrogen-bond acceptors (Lipinski definition) is 3. The van der Waals surface area contributed by atoms with Gasteiger partial charge in [-0.3, -0.25) is 4.79 Å². The molecule has 5 heteroatoms. The highest BCUT2D eigenvalue weighted by molar-refractivity contribution is 9.10. The molecule has 1 amide bonds. The molecule has 2 rings (SSSR count). The predicted molar refractivity (Wildman–Crippen MR) is 88.6 cm³/mol. The van der Waals surface area contributed by atoms with Gasteiger partial charge >= 0.3 is 0 Å². The van der Waals surface area contributed by atoms with E-state index in [1.54, 1.807) is 6.07 Å². The highest BCUT2D eigenvalue weighted by Gasteiger charge is 2.36. The highest BCUT2D eigenvalue weighted by Crippen LogP contribution is 2.33. The topological polar surface area (TPSA) is 32.3 Å². The summed E-state index contributed by atoms with van der Waals surface area (Å²) in [7, 11) is 4.20. The van der Waals surface area contributed by atoms with Gasteiger partial charge in [-0.05, 0) is 61.1 Å². The van der Waals surface area contributed by atoms with E-state index < -0.39 is 0 Å². The Morgan fingerprint density at radius 3 is 2.65 bits per heavy atom. The van der Waals surface area contributed by atoms with Gasteiger partial charge in [-0.25, -0.2) is 0 Å². The predicted octanol–water partition coefficient (Wildman–Crippen LogP) is 3.34. The first-order valence-corrected chi connectivity index (χ1v) is 8.13. The van der Waals surface area contributed by atoms with Crippen LogP contribution in [0.2, 0.25) is 0 Å². The van der Waals surface area contributed by atoms with Crippen molar-refractivity contribution in [3.05, 3.63) is 28.2 Å². The molecular formula is C15H21BrN2OS. The van der Waals surface area contributed by atoms with Crippen molar-refractivity contribution in [2.24, 2.45) is 0 Å². The summed E-state index contributed by atoms with van der Waals surface area (Å²) in [4.78, 5) is 15.4. The average Bonchev–Trinajstić information content (AvgIpc) is 2.89. The minimum absolute atomic E-state index is 0.0408. The molecule has 0 saturated heterocycles. The summed E-state index contributed by atoms with van der Waals surface area (Å²) < 4.78 is 0.804. The first-order chi connectivity index (χ1) is 9.44. The lowest BCUT2D eigenvalue weighted by Crippen LogP contribution is -2.50. The van der Waals surface area contributed by atoms with Crippen LogP contribution in [0.4, 0.5) is 0 Å². The van der Waals surface area contributed by atoms with E-state index >= 15 is 0 Å². The van der Waals surface area contributed by atoms with Gasteiger partial charge in [-0.2, -0.15) is 0 Å². The molecule has 0 radical (unpaired) electrons. The molecule has 0 spiro atoms. The van der Waals surface area contributed by atoms with Crippen molar-refractivity contribution in [3.63, 3.8) is 0 Å². The van der Waals surface area contributed by atoms with Crippen molar-refractivity contribution < 1.29 is 4.79 Å². The second-order valence-electron chi connectivity index (χ2n) is 5.67. The van der Waals surface area contributed by atoms with Crippen molar-refractivity contribution in [3.8, 4) is 0 Å². The maximum atomic E-state index is 12.3. The summed E-state index contributed by atoms with van der Waals surface area (Å²) in [5, 5.41) is 3.09. The molecule has 1 aliphatic carbocycles. The van der Waals surface area contributed by atoms with E-state index in [-0.39, 0.29) is 11.4 Å². The van der Waals surface area contributed by atoms with E-state index in [1.165, 1.54) is 12.8 Å². The minimum atomic E-state index is -0.0408. The number of carbonyl (C=O) groups excluding carboxylic acids is 1. The van der Waals surface area contributed by atoms with Gasteiger partial charge in [-0.15, -0.1) is 12.6 Å². The molecule has 1 aliphatic rings. The fraction of sp³-hybridized carbons (Fsp3) is 0.533.